The van der Waals surface area contributed by atoms with Crippen molar-refractivity contribution in [1.82, 2.24) is 15.5 Å². The van der Waals surface area contributed by atoms with E-state index in [0.717, 1.165) is 12.8 Å². The van der Waals surface area contributed by atoms with Crippen molar-refractivity contribution < 1.29 is 9.32 Å². The zero-order chi connectivity index (χ0) is 11.3. The molecular weight excluding hydrogens is 196 g/mol. The fraction of sp³-hybridized carbons (Fsp3) is 0.667. The lowest BCUT2D eigenvalue weighted by atomic mass is 10.0. The van der Waals surface area contributed by atoms with E-state index in [-0.39, 0.29) is 17.6 Å². The van der Waals surface area contributed by atoms with Crippen LogP contribution in [0.5, 0.6) is 0 Å². The van der Waals surface area contributed by atoms with Crippen LogP contribution in [0.25, 0.3) is 0 Å². The van der Waals surface area contributed by atoms with E-state index in [1.807, 2.05) is 0 Å². The normalized spacial score (nSPS) is 12.5. The molecule has 0 saturated carbocycles. The van der Waals surface area contributed by atoms with Gasteiger partial charge in [0.15, 0.2) is 0 Å². The van der Waals surface area contributed by atoms with Crippen LogP contribution in [0, 0.1) is 0 Å². The minimum atomic E-state index is -0.350. The summed E-state index contributed by atoms with van der Waals surface area (Å²) in [6.07, 6.45) is 1.87. The Hall–Kier alpha value is -1.43. The highest BCUT2D eigenvalue weighted by Gasteiger charge is 2.19. The Morgan fingerprint density at radius 3 is 2.93 bits per heavy atom. The average molecular weight is 212 g/mol. The molecule has 15 heavy (non-hydrogen) atoms. The number of amides is 1. The smallest absolute Gasteiger partial charge is 0.292 e. The molecule has 0 aliphatic carbocycles. The first-order valence-corrected chi connectivity index (χ1v) is 4.98. The maximum atomic E-state index is 11.2. The van der Waals surface area contributed by atoms with Crippen LogP contribution in [0.2, 0.25) is 0 Å². The molecule has 1 aromatic heterocycles. The molecule has 0 aliphatic heterocycles. The number of hydrogen-bond donors (Lipinski definition) is 2. The van der Waals surface area contributed by atoms with Crippen LogP contribution in [-0.2, 0) is 0 Å². The predicted octanol–water partition coefficient (Wildman–Crippen LogP) is 0.272. The summed E-state index contributed by atoms with van der Waals surface area (Å²) in [6.45, 7) is 2.50. The molecule has 1 heterocycles. The molecule has 6 nitrogen and oxygen atoms in total. The molecule has 0 bridgehead atoms. The van der Waals surface area contributed by atoms with E-state index < -0.39 is 0 Å². The summed E-state index contributed by atoms with van der Waals surface area (Å²) < 4.78 is 4.99. The van der Waals surface area contributed by atoms with Gasteiger partial charge in [0.25, 0.3) is 11.7 Å². The Labute approximate surface area is 88.2 Å². The number of nitrogens with two attached hydrogens (primary N) is 1. The number of hydrogen-bond acceptors (Lipinski definition) is 5. The van der Waals surface area contributed by atoms with Crippen molar-refractivity contribution in [2.75, 3.05) is 13.6 Å². The second kappa shape index (κ2) is 5.45. The zero-order valence-corrected chi connectivity index (χ0v) is 8.99. The molecule has 1 aromatic rings. The minimum absolute atomic E-state index is 0.0425. The quantitative estimate of drug-likeness (QED) is 0.730. The van der Waals surface area contributed by atoms with E-state index in [1.165, 1.54) is 7.05 Å². The summed E-state index contributed by atoms with van der Waals surface area (Å²) in [4.78, 5) is 15.2. The van der Waals surface area contributed by atoms with Crippen molar-refractivity contribution in [3.05, 3.63) is 11.7 Å². The monoisotopic (exact) mass is 212 g/mol. The average Bonchev–Trinajstić information content (AvgIpc) is 2.73. The van der Waals surface area contributed by atoms with Gasteiger partial charge in [0.1, 0.15) is 0 Å². The molecule has 1 unspecified atom stereocenters. The third-order valence-electron chi connectivity index (χ3n) is 2.14. The second-order valence-corrected chi connectivity index (χ2v) is 3.26. The van der Waals surface area contributed by atoms with Gasteiger partial charge in [-0.1, -0.05) is 18.5 Å². The highest BCUT2D eigenvalue weighted by Crippen LogP contribution is 2.17. The minimum Gasteiger partial charge on any atom is -0.352 e. The predicted molar refractivity (Wildman–Crippen MR) is 54.4 cm³/mol. The standard InChI is InChI=1S/C9H16N4O2/c1-3-4-6(5-10)9-12-7(13-15-9)8(14)11-2/h6H,3-5,10H2,1-2H3,(H,11,14). The lowest BCUT2D eigenvalue weighted by molar-refractivity contribution is 0.0950. The lowest BCUT2D eigenvalue weighted by Gasteiger charge is -2.06. The fourth-order valence-electron chi connectivity index (χ4n) is 1.30. The van der Waals surface area contributed by atoms with E-state index in [1.54, 1.807) is 0 Å². The molecule has 0 fully saturated rings. The summed E-state index contributed by atoms with van der Waals surface area (Å²) in [5.74, 6) is 0.193. The Bertz CT molecular complexity index is 324. The molecule has 0 aliphatic rings. The van der Waals surface area contributed by atoms with Crippen molar-refractivity contribution in [3.8, 4) is 0 Å². The Kier molecular flexibility index (Phi) is 4.23. The van der Waals surface area contributed by atoms with E-state index >= 15 is 0 Å². The largest absolute Gasteiger partial charge is 0.352 e. The summed E-state index contributed by atoms with van der Waals surface area (Å²) in [5, 5.41) is 6.01. The summed E-state index contributed by atoms with van der Waals surface area (Å²) in [7, 11) is 1.52. The topological polar surface area (TPSA) is 94.0 Å². The van der Waals surface area contributed by atoms with Crippen molar-refractivity contribution in [2.45, 2.75) is 25.7 Å². The van der Waals surface area contributed by atoms with Gasteiger partial charge in [-0.25, -0.2) is 0 Å². The maximum Gasteiger partial charge on any atom is 0.292 e. The SMILES string of the molecule is CCCC(CN)c1nc(C(=O)NC)no1. The van der Waals surface area contributed by atoms with Crippen LogP contribution in [-0.4, -0.2) is 29.6 Å². The number of nitrogens with one attached hydrogen (secondary N) is 1. The second-order valence-electron chi connectivity index (χ2n) is 3.26. The summed E-state index contributed by atoms with van der Waals surface area (Å²) >= 11 is 0. The first-order chi connectivity index (χ1) is 7.22. The molecule has 1 amide bonds. The molecule has 1 rings (SSSR count). The molecule has 0 aromatic carbocycles. The lowest BCUT2D eigenvalue weighted by Crippen LogP contribution is -2.19. The number of carbonyl (C=O) groups excluding carboxylic acids is 1. The van der Waals surface area contributed by atoms with Crippen LogP contribution in [0.3, 0.4) is 0 Å². The van der Waals surface area contributed by atoms with E-state index in [9.17, 15) is 4.79 Å². The Morgan fingerprint density at radius 2 is 2.40 bits per heavy atom. The van der Waals surface area contributed by atoms with Crippen LogP contribution in [0.4, 0.5) is 0 Å². The van der Waals surface area contributed by atoms with Crippen LogP contribution >= 0.6 is 0 Å². The zero-order valence-electron chi connectivity index (χ0n) is 8.99. The first kappa shape index (κ1) is 11.6. The molecule has 0 radical (unpaired) electrons. The van der Waals surface area contributed by atoms with Crippen molar-refractivity contribution >= 4 is 5.91 Å². The van der Waals surface area contributed by atoms with E-state index in [2.05, 4.69) is 22.4 Å². The van der Waals surface area contributed by atoms with E-state index in [4.69, 9.17) is 10.3 Å². The van der Waals surface area contributed by atoms with Gasteiger partial charge in [-0.2, -0.15) is 4.98 Å². The maximum absolute atomic E-state index is 11.2. The number of rotatable bonds is 5. The summed E-state index contributed by atoms with van der Waals surface area (Å²) in [5.41, 5.74) is 5.58. The van der Waals surface area contributed by atoms with Gasteiger partial charge in [-0.15, -0.1) is 0 Å². The molecular formula is C9H16N4O2. The molecule has 6 heteroatoms. The van der Waals surface area contributed by atoms with Crippen molar-refractivity contribution in [3.63, 3.8) is 0 Å². The van der Waals surface area contributed by atoms with Gasteiger partial charge in [-0.3, -0.25) is 4.79 Å². The molecule has 84 valence electrons. The van der Waals surface area contributed by atoms with Gasteiger partial charge in [0, 0.05) is 13.6 Å². The molecule has 0 saturated heterocycles. The molecule has 0 spiro atoms. The highest BCUT2D eigenvalue weighted by molar-refractivity contribution is 5.89. The van der Waals surface area contributed by atoms with Crippen molar-refractivity contribution in [1.29, 1.82) is 0 Å². The molecule has 3 N–H and O–H groups in total. The molecule has 1 atom stereocenters. The van der Waals surface area contributed by atoms with Crippen LogP contribution in [0.1, 0.15) is 42.2 Å². The third kappa shape index (κ3) is 2.76. The Morgan fingerprint density at radius 1 is 1.67 bits per heavy atom. The van der Waals surface area contributed by atoms with Gasteiger partial charge in [0.05, 0.1) is 5.92 Å². The van der Waals surface area contributed by atoms with Gasteiger partial charge in [0.2, 0.25) is 5.89 Å². The van der Waals surface area contributed by atoms with Gasteiger partial charge in [-0.05, 0) is 6.42 Å². The highest BCUT2D eigenvalue weighted by atomic mass is 16.5. The number of aromatic nitrogens is 2. The van der Waals surface area contributed by atoms with Crippen molar-refractivity contribution in [2.24, 2.45) is 5.73 Å². The van der Waals surface area contributed by atoms with Gasteiger partial charge >= 0.3 is 0 Å². The summed E-state index contributed by atoms with van der Waals surface area (Å²) in [6, 6.07) is 0. The van der Waals surface area contributed by atoms with Gasteiger partial charge < -0.3 is 15.6 Å². The van der Waals surface area contributed by atoms with Crippen LogP contribution in [0.15, 0.2) is 4.52 Å². The van der Waals surface area contributed by atoms with E-state index in [0.29, 0.717) is 12.4 Å². The first-order valence-electron chi connectivity index (χ1n) is 4.98. The van der Waals surface area contributed by atoms with Crippen LogP contribution < -0.4 is 11.1 Å². The number of carbonyl (C=O) groups is 1. The fourth-order valence-corrected chi connectivity index (χ4v) is 1.30. The third-order valence-corrected chi connectivity index (χ3v) is 2.14. The number of nitrogens with zero attached hydrogens (tertiary/aromatic N) is 2. The Balaban J connectivity index is 2.77.